The summed E-state index contributed by atoms with van der Waals surface area (Å²) in [7, 11) is 0. The van der Waals surface area contributed by atoms with Crippen LogP contribution in [0.5, 0.6) is 0 Å². The predicted octanol–water partition coefficient (Wildman–Crippen LogP) is 1.57. The van der Waals surface area contributed by atoms with E-state index < -0.39 is 0 Å². The molecule has 0 heterocycles. The number of carbonyl (C=O) groups excluding carboxylic acids is 1. The summed E-state index contributed by atoms with van der Waals surface area (Å²) >= 11 is 0. The topological polar surface area (TPSA) is 41.1 Å². The van der Waals surface area contributed by atoms with Gasteiger partial charge < -0.3 is 10.6 Å². The molecule has 3 nitrogen and oxygen atoms in total. The van der Waals surface area contributed by atoms with Crippen molar-refractivity contribution in [1.82, 2.24) is 10.6 Å². The maximum Gasteiger partial charge on any atom is 0.234 e. The fourth-order valence-electron chi connectivity index (χ4n) is 1.53. The Morgan fingerprint density at radius 2 is 2.06 bits per heavy atom. The molecule has 90 valence electrons. The molecule has 1 fully saturated rings. The summed E-state index contributed by atoms with van der Waals surface area (Å²) in [5, 5.41) is 6.03. The molecule has 1 aromatic carbocycles. The van der Waals surface area contributed by atoms with Crippen LogP contribution >= 0.6 is 0 Å². The van der Waals surface area contributed by atoms with Gasteiger partial charge in [0, 0.05) is 12.6 Å². The first kappa shape index (κ1) is 11.9. The molecule has 0 atom stereocenters. The Bertz CT molecular complexity index is 382. The highest BCUT2D eigenvalue weighted by Gasteiger charge is 2.22. The van der Waals surface area contributed by atoms with Crippen molar-refractivity contribution in [2.24, 2.45) is 0 Å². The monoisotopic (exact) mass is 230 g/mol. The first-order valence-electron chi connectivity index (χ1n) is 6.06. The van der Waals surface area contributed by atoms with Crippen molar-refractivity contribution in [2.45, 2.75) is 18.9 Å². The van der Waals surface area contributed by atoms with Crippen LogP contribution in [0.2, 0.25) is 0 Å². The summed E-state index contributed by atoms with van der Waals surface area (Å²) in [6.45, 7) is 1.11. The quantitative estimate of drug-likeness (QED) is 0.728. The molecule has 0 aliphatic heterocycles. The molecule has 2 rings (SSSR count). The highest BCUT2D eigenvalue weighted by molar-refractivity contribution is 5.78. The lowest BCUT2D eigenvalue weighted by atomic mass is 10.2. The first-order valence-corrected chi connectivity index (χ1v) is 6.06. The van der Waals surface area contributed by atoms with Gasteiger partial charge in [0.2, 0.25) is 5.91 Å². The molecule has 1 aliphatic carbocycles. The average molecular weight is 230 g/mol. The lowest BCUT2D eigenvalue weighted by Crippen LogP contribution is -2.35. The van der Waals surface area contributed by atoms with Crippen LogP contribution in [0.3, 0.4) is 0 Å². The second-order valence-electron chi connectivity index (χ2n) is 4.29. The molecule has 0 bridgehead atoms. The lowest BCUT2D eigenvalue weighted by molar-refractivity contribution is -0.120. The van der Waals surface area contributed by atoms with Crippen molar-refractivity contribution in [3.05, 3.63) is 42.0 Å². The summed E-state index contributed by atoms with van der Waals surface area (Å²) in [6, 6.07) is 10.6. The zero-order chi connectivity index (χ0) is 11.9. The van der Waals surface area contributed by atoms with Gasteiger partial charge in [-0.05, 0) is 18.4 Å². The first-order chi connectivity index (χ1) is 8.34. The van der Waals surface area contributed by atoms with Gasteiger partial charge in [0.15, 0.2) is 0 Å². The van der Waals surface area contributed by atoms with Crippen LogP contribution < -0.4 is 10.6 Å². The van der Waals surface area contributed by atoms with Gasteiger partial charge in [-0.25, -0.2) is 0 Å². The van der Waals surface area contributed by atoms with E-state index >= 15 is 0 Å². The molecular weight excluding hydrogens is 212 g/mol. The lowest BCUT2D eigenvalue weighted by Gasteiger charge is -2.02. The smallest absolute Gasteiger partial charge is 0.234 e. The fourth-order valence-corrected chi connectivity index (χ4v) is 1.53. The van der Waals surface area contributed by atoms with Crippen LogP contribution in [0.4, 0.5) is 0 Å². The number of benzene rings is 1. The van der Waals surface area contributed by atoms with Gasteiger partial charge >= 0.3 is 0 Å². The van der Waals surface area contributed by atoms with E-state index in [1.54, 1.807) is 0 Å². The summed E-state index contributed by atoms with van der Waals surface area (Å²) < 4.78 is 0. The molecule has 1 saturated carbocycles. The van der Waals surface area contributed by atoms with Crippen molar-refractivity contribution in [3.63, 3.8) is 0 Å². The fraction of sp³-hybridized carbons (Fsp3) is 0.357. The molecule has 0 aromatic heterocycles. The minimum absolute atomic E-state index is 0.0978. The number of nitrogens with one attached hydrogen (secondary N) is 2. The zero-order valence-corrected chi connectivity index (χ0v) is 9.86. The second-order valence-corrected chi connectivity index (χ2v) is 4.29. The van der Waals surface area contributed by atoms with E-state index in [9.17, 15) is 4.79 Å². The van der Waals surface area contributed by atoms with Crippen molar-refractivity contribution in [1.29, 1.82) is 0 Å². The molecule has 1 amide bonds. The van der Waals surface area contributed by atoms with Crippen molar-refractivity contribution in [2.75, 3.05) is 13.1 Å². The second kappa shape index (κ2) is 6.21. The molecule has 3 heteroatoms. The standard InChI is InChI=1S/C14H18N2O/c17-14(16-13-8-9-13)11-15-10-4-7-12-5-2-1-3-6-12/h1-7,13,15H,8-11H2,(H,16,17). The summed E-state index contributed by atoms with van der Waals surface area (Å²) in [5.74, 6) is 0.0978. The van der Waals surface area contributed by atoms with Gasteiger partial charge in [0.25, 0.3) is 0 Å². The van der Waals surface area contributed by atoms with E-state index in [-0.39, 0.29) is 5.91 Å². The predicted molar refractivity (Wildman–Crippen MR) is 69.5 cm³/mol. The Labute approximate surface area is 102 Å². The van der Waals surface area contributed by atoms with E-state index in [1.807, 2.05) is 30.4 Å². The van der Waals surface area contributed by atoms with Crippen LogP contribution in [-0.4, -0.2) is 25.0 Å². The minimum Gasteiger partial charge on any atom is -0.352 e. The van der Waals surface area contributed by atoms with E-state index in [0.717, 1.165) is 12.8 Å². The highest BCUT2D eigenvalue weighted by Crippen LogP contribution is 2.18. The normalized spacial score (nSPS) is 15.1. The minimum atomic E-state index is 0.0978. The van der Waals surface area contributed by atoms with Crippen molar-refractivity contribution >= 4 is 12.0 Å². The maximum absolute atomic E-state index is 11.3. The number of carbonyl (C=O) groups is 1. The molecule has 1 aromatic rings. The van der Waals surface area contributed by atoms with Crippen molar-refractivity contribution in [3.8, 4) is 0 Å². The molecule has 2 N–H and O–H groups in total. The molecule has 0 unspecified atom stereocenters. The van der Waals surface area contributed by atoms with Crippen LogP contribution in [0.1, 0.15) is 18.4 Å². The van der Waals surface area contributed by atoms with E-state index in [2.05, 4.69) is 22.8 Å². The zero-order valence-electron chi connectivity index (χ0n) is 9.86. The van der Waals surface area contributed by atoms with Crippen LogP contribution in [-0.2, 0) is 4.79 Å². The molecule has 17 heavy (non-hydrogen) atoms. The number of amides is 1. The van der Waals surface area contributed by atoms with E-state index in [4.69, 9.17) is 0 Å². The van der Waals surface area contributed by atoms with Gasteiger partial charge in [-0.3, -0.25) is 4.79 Å². The highest BCUT2D eigenvalue weighted by atomic mass is 16.2. The maximum atomic E-state index is 11.3. The Morgan fingerprint density at radius 3 is 2.76 bits per heavy atom. The van der Waals surface area contributed by atoms with E-state index in [1.165, 1.54) is 5.56 Å². The van der Waals surface area contributed by atoms with Gasteiger partial charge in [0.05, 0.1) is 6.54 Å². The third-order valence-electron chi connectivity index (χ3n) is 2.60. The Hall–Kier alpha value is -1.61. The summed E-state index contributed by atoms with van der Waals surface area (Å²) in [4.78, 5) is 11.3. The Morgan fingerprint density at radius 1 is 1.29 bits per heavy atom. The van der Waals surface area contributed by atoms with Crippen LogP contribution in [0.25, 0.3) is 6.08 Å². The molecular formula is C14H18N2O. The van der Waals surface area contributed by atoms with Crippen LogP contribution in [0, 0.1) is 0 Å². The molecule has 0 saturated heterocycles. The third-order valence-corrected chi connectivity index (χ3v) is 2.60. The van der Waals surface area contributed by atoms with Crippen LogP contribution in [0.15, 0.2) is 36.4 Å². The SMILES string of the molecule is O=C(CNCC=Cc1ccccc1)NC1CC1. The van der Waals surface area contributed by atoms with Gasteiger partial charge in [0.1, 0.15) is 0 Å². The van der Waals surface area contributed by atoms with E-state index in [0.29, 0.717) is 19.1 Å². The Balaban J connectivity index is 1.59. The van der Waals surface area contributed by atoms with Crippen molar-refractivity contribution < 1.29 is 4.79 Å². The number of hydrogen-bond donors (Lipinski definition) is 2. The molecule has 0 spiro atoms. The average Bonchev–Trinajstić information content (AvgIpc) is 3.14. The van der Waals surface area contributed by atoms with Gasteiger partial charge in [-0.15, -0.1) is 0 Å². The summed E-state index contributed by atoms with van der Waals surface area (Å²) in [5.41, 5.74) is 1.18. The Kier molecular flexibility index (Phi) is 4.33. The third kappa shape index (κ3) is 4.83. The molecule has 1 aliphatic rings. The number of hydrogen-bond acceptors (Lipinski definition) is 2. The van der Waals surface area contributed by atoms with Gasteiger partial charge in [-0.1, -0.05) is 42.5 Å². The van der Waals surface area contributed by atoms with Gasteiger partial charge in [-0.2, -0.15) is 0 Å². The summed E-state index contributed by atoms with van der Waals surface area (Å²) in [6.07, 6.45) is 6.35. The number of rotatable bonds is 6. The largest absolute Gasteiger partial charge is 0.352 e. The molecule has 0 radical (unpaired) electrons.